The molecule has 0 spiro atoms. The van der Waals surface area contributed by atoms with Gasteiger partial charge >= 0.3 is 5.97 Å². The molecular formula is C30H22Cl4N4O5. The Morgan fingerprint density at radius 2 is 1.74 bits per heavy atom. The molecule has 0 saturated carbocycles. The number of hydrogen-bond acceptors (Lipinski definition) is 6. The molecule has 2 aliphatic rings. The van der Waals surface area contributed by atoms with Crippen molar-refractivity contribution in [3.63, 3.8) is 0 Å². The molecule has 2 aliphatic heterocycles. The van der Waals surface area contributed by atoms with E-state index in [0.717, 1.165) is 5.56 Å². The van der Waals surface area contributed by atoms with Gasteiger partial charge in [-0.3, -0.25) is 9.59 Å². The topological polar surface area (TPSA) is 94.0 Å². The van der Waals surface area contributed by atoms with Crippen molar-refractivity contribution in [1.29, 1.82) is 0 Å². The molecule has 0 radical (unpaired) electrons. The number of hydrogen-bond donors (Lipinski definition) is 0. The van der Waals surface area contributed by atoms with Gasteiger partial charge in [0.05, 0.1) is 27.8 Å². The number of amides is 2. The maximum absolute atomic E-state index is 13.6. The second-order valence-electron chi connectivity index (χ2n) is 10.0. The average molecular weight is 660 g/mol. The predicted octanol–water partition coefficient (Wildman–Crippen LogP) is 6.19. The number of esters is 1. The van der Waals surface area contributed by atoms with E-state index in [2.05, 4.69) is 5.10 Å². The zero-order chi connectivity index (χ0) is 30.4. The summed E-state index contributed by atoms with van der Waals surface area (Å²) in [5.41, 5.74) is 2.42. The normalized spacial score (nSPS) is 16.3. The summed E-state index contributed by atoms with van der Waals surface area (Å²) in [7, 11) is 1.58. The van der Waals surface area contributed by atoms with Crippen molar-refractivity contribution < 1.29 is 23.9 Å². The predicted molar refractivity (Wildman–Crippen MR) is 163 cm³/mol. The maximum atomic E-state index is 13.6. The van der Waals surface area contributed by atoms with Crippen LogP contribution in [0.2, 0.25) is 20.2 Å². The fraction of sp³-hybridized carbons (Fsp3) is 0.200. The van der Waals surface area contributed by atoms with Crippen LogP contribution in [0.25, 0.3) is 0 Å². The van der Waals surface area contributed by atoms with Crippen molar-refractivity contribution in [3.8, 4) is 11.5 Å². The molecule has 0 bridgehead atoms. The van der Waals surface area contributed by atoms with Crippen LogP contribution >= 0.6 is 46.4 Å². The monoisotopic (exact) mass is 658 g/mol. The molecule has 43 heavy (non-hydrogen) atoms. The molecular weight excluding hydrogens is 638 g/mol. The first-order valence-corrected chi connectivity index (χ1v) is 14.6. The highest BCUT2D eigenvalue weighted by atomic mass is 35.5. The first-order valence-electron chi connectivity index (χ1n) is 13.1. The number of carbonyl (C=O) groups excluding carboxylic acids is 3. The summed E-state index contributed by atoms with van der Waals surface area (Å²) in [6.45, 7) is 0.528. The number of benzene rings is 3. The van der Waals surface area contributed by atoms with Gasteiger partial charge in [-0.1, -0.05) is 76.7 Å². The molecule has 4 aromatic rings. The third kappa shape index (κ3) is 5.54. The van der Waals surface area contributed by atoms with Gasteiger partial charge in [0.1, 0.15) is 23.6 Å². The number of rotatable bonds is 5. The Balaban J connectivity index is 1.21. The largest absolute Gasteiger partial charge is 0.489 e. The van der Waals surface area contributed by atoms with E-state index in [1.165, 1.54) is 34.1 Å². The fourth-order valence-corrected chi connectivity index (χ4v) is 6.29. The standard InChI is InChI=1S/C30H22Cl4N4O5/c1-36-22-8-7-17(30(41)43-26-20(32)12-18(31)13-21(26)33)11-24(22)42-15-23(28(36)39)37-10-9-19-25(29(37)40)35-38(27(19)34)14-16-5-3-2-4-6-16/h2-8,11-13,23H,9-10,14-15H2,1H3. The summed E-state index contributed by atoms with van der Waals surface area (Å²) in [5.74, 6) is -1.26. The minimum atomic E-state index is -0.932. The Morgan fingerprint density at radius 1 is 1.02 bits per heavy atom. The first kappa shape index (κ1) is 29.3. The number of halogens is 4. The molecule has 0 aliphatic carbocycles. The highest BCUT2D eigenvalue weighted by molar-refractivity contribution is 6.40. The summed E-state index contributed by atoms with van der Waals surface area (Å²) in [6, 6.07) is 16.1. The van der Waals surface area contributed by atoms with E-state index in [1.54, 1.807) is 17.8 Å². The van der Waals surface area contributed by atoms with E-state index >= 15 is 0 Å². The molecule has 3 aromatic carbocycles. The Kier molecular flexibility index (Phi) is 8.00. The second-order valence-corrected chi connectivity index (χ2v) is 11.6. The number of anilines is 1. The molecule has 6 rings (SSSR count). The lowest BCUT2D eigenvalue weighted by Crippen LogP contribution is -2.54. The summed E-state index contributed by atoms with van der Waals surface area (Å²) in [6.07, 6.45) is 0.431. The van der Waals surface area contributed by atoms with Crippen molar-refractivity contribution >= 4 is 69.9 Å². The molecule has 1 aromatic heterocycles. The van der Waals surface area contributed by atoms with Crippen LogP contribution in [0.15, 0.2) is 60.7 Å². The number of carbonyl (C=O) groups is 3. The minimum Gasteiger partial charge on any atom is -0.489 e. The average Bonchev–Trinajstić information content (AvgIpc) is 3.24. The van der Waals surface area contributed by atoms with Crippen LogP contribution in [0.5, 0.6) is 11.5 Å². The van der Waals surface area contributed by atoms with E-state index in [4.69, 9.17) is 55.9 Å². The van der Waals surface area contributed by atoms with Gasteiger partial charge in [-0.05, 0) is 42.3 Å². The third-order valence-electron chi connectivity index (χ3n) is 7.33. The second kappa shape index (κ2) is 11.7. The molecule has 1 unspecified atom stereocenters. The Labute approximate surface area is 266 Å². The quantitative estimate of drug-likeness (QED) is 0.187. The summed E-state index contributed by atoms with van der Waals surface area (Å²) in [5, 5.41) is 5.36. The van der Waals surface area contributed by atoms with Crippen LogP contribution in [0.3, 0.4) is 0 Å². The van der Waals surface area contributed by atoms with E-state index in [9.17, 15) is 14.4 Å². The summed E-state index contributed by atoms with van der Waals surface area (Å²) < 4.78 is 13.0. The molecule has 1 atom stereocenters. The highest BCUT2D eigenvalue weighted by Gasteiger charge is 2.41. The zero-order valence-corrected chi connectivity index (χ0v) is 25.5. The number of ether oxygens (including phenoxy) is 2. The first-order chi connectivity index (χ1) is 20.6. The van der Waals surface area contributed by atoms with Crippen LogP contribution in [-0.2, 0) is 17.8 Å². The Morgan fingerprint density at radius 3 is 2.47 bits per heavy atom. The van der Waals surface area contributed by atoms with Crippen molar-refractivity contribution in [3.05, 3.63) is 103 Å². The van der Waals surface area contributed by atoms with Crippen molar-refractivity contribution in [2.45, 2.75) is 19.0 Å². The Bertz CT molecular complexity index is 1750. The van der Waals surface area contributed by atoms with Gasteiger partial charge in [0, 0.05) is 24.2 Å². The fourth-order valence-electron chi connectivity index (χ4n) is 5.12. The van der Waals surface area contributed by atoms with Crippen LogP contribution < -0.4 is 14.4 Å². The van der Waals surface area contributed by atoms with Crippen molar-refractivity contribution in [1.82, 2.24) is 14.7 Å². The van der Waals surface area contributed by atoms with Gasteiger partial charge in [-0.25, -0.2) is 9.48 Å². The van der Waals surface area contributed by atoms with E-state index < -0.39 is 17.9 Å². The highest BCUT2D eigenvalue weighted by Crippen LogP contribution is 2.38. The number of likely N-dealkylation sites (N-methyl/N-ethyl adjacent to an activating group) is 1. The van der Waals surface area contributed by atoms with E-state index in [1.807, 2.05) is 30.3 Å². The lowest BCUT2D eigenvalue weighted by atomic mass is 10.0. The van der Waals surface area contributed by atoms with Gasteiger partial charge in [-0.2, -0.15) is 5.10 Å². The smallest absolute Gasteiger partial charge is 0.343 e. The third-order valence-corrected chi connectivity index (χ3v) is 8.53. The van der Waals surface area contributed by atoms with Crippen molar-refractivity contribution in [2.24, 2.45) is 0 Å². The number of nitrogens with zero attached hydrogens (tertiary/aromatic N) is 4. The maximum Gasteiger partial charge on any atom is 0.343 e. The summed E-state index contributed by atoms with van der Waals surface area (Å²) in [4.78, 5) is 43.1. The van der Waals surface area contributed by atoms with Crippen LogP contribution in [0.4, 0.5) is 5.69 Å². The van der Waals surface area contributed by atoms with E-state index in [0.29, 0.717) is 34.4 Å². The molecule has 9 nitrogen and oxygen atoms in total. The molecule has 13 heteroatoms. The van der Waals surface area contributed by atoms with Crippen LogP contribution in [0.1, 0.15) is 32.0 Å². The van der Waals surface area contributed by atoms with Gasteiger partial charge in [0.25, 0.3) is 11.8 Å². The zero-order valence-electron chi connectivity index (χ0n) is 22.5. The van der Waals surface area contributed by atoms with Gasteiger partial charge in [0.15, 0.2) is 11.4 Å². The molecule has 2 amide bonds. The molecule has 0 fully saturated rings. The van der Waals surface area contributed by atoms with E-state index in [-0.39, 0.29) is 51.9 Å². The molecule has 0 saturated heterocycles. The van der Waals surface area contributed by atoms with Gasteiger partial charge in [-0.15, -0.1) is 0 Å². The Hall–Kier alpha value is -3.76. The molecule has 0 N–H and O–H groups in total. The summed E-state index contributed by atoms with van der Waals surface area (Å²) >= 11 is 24.9. The molecule has 220 valence electrons. The SMILES string of the molecule is CN1C(=O)C(N2CCc3c(nn(Cc4ccccc4)c3Cl)C2=O)COc2cc(C(=O)Oc3c(Cl)cc(Cl)cc3Cl)ccc21. The van der Waals surface area contributed by atoms with Gasteiger partial charge < -0.3 is 19.3 Å². The number of fused-ring (bicyclic) bond motifs is 2. The molecule has 3 heterocycles. The lowest BCUT2D eigenvalue weighted by molar-refractivity contribution is -0.123. The lowest BCUT2D eigenvalue weighted by Gasteiger charge is -2.33. The van der Waals surface area contributed by atoms with Crippen LogP contribution in [0, 0.1) is 0 Å². The van der Waals surface area contributed by atoms with Crippen molar-refractivity contribution in [2.75, 3.05) is 25.1 Å². The number of aromatic nitrogens is 2. The van der Waals surface area contributed by atoms with Gasteiger partial charge in [0.2, 0.25) is 0 Å². The minimum absolute atomic E-state index is 0.0322. The van der Waals surface area contributed by atoms with Crippen LogP contribution in [-0.4, -0.2) is 58.7 Å².